The molecule has 4 nitrogen and oxygen atoms in total. The summed E-state index contributed by atoms with van der Waals surface area (Å²) in [5.74, 6) is -0.0340. The quantitative estimate of drug-likeness (QED) is 0.753. The van der Waals surface area contributed by atoms with Crippen LogP contribution in [0.25, 0.3) is 0 Å². The zero-order chi connectivity index (χ0) is 14.6. The van der Waals surface area contributed by atoms with Crippen LogP contribution in [-0.2, 0) is 23.8 Å². The molecule has 1 aromatic rings. The van der Waals surface area contributed by atoms with Crippen molar-refractivity contribution < 1.29 is 18.4 Å². The van der Waals surface area contributed by atoms with Crippen LogP contribution < -0.4 is 0 Å². The van der Waals surface area contributed by atoms with Gasteiger partial charge in [0.2, 0.25) is 0 Å². The molecule has 20 heavy (non-hydrogen) atoms. The number of hydrogen-bond donors (Lipinski definition) is 0. The monoisotopic (exact) mass is 296 g/mol. The maximum atomic E-state index is 12.8. The number of carbonyl (C=O) groups is 1. The van der Waals surface area contributed by atoms with Crippen LogP contribution in [0.5, 0.6) is 0 Å². The molecule has 0 unspecified atom stereocenters. The van der Waals surface area contributed by atoms with Crippen molar-refractivity contribution in [2.75, 3.05) is 20.4 Å². The molecule has 0 atom stereocenters. The van der Waals surface area contributed by atoms with E-state index < -0.39 is 13.0 Å². The molecule has 1 aliphatic rings. The van der Waals surface area contributed by atoms with Gasteiger partial charge in [-0.25, -0.2) is 0 Å². The average molecular weight is 296 g/mol. The van der Waals surface area contributed by atoms with Gasteiger partial charge in [-0.3, -0.25) is 9.36 Å². The highest BCUT2D eigenvalue weighted by Crippen LogP contribution is 2.50. The lowest BCUT2D eigenvalue weighted by molar-refractivity contribution is -0.122. The first kappa shape index (κ1) is 15.4. The molecule has 0 N–H and O–H groups in total. The van der Waals surface area contributed by atoms with Crippen molar-refractivity contribution in [3.8, 4) is 0 Å². The van der Waals surface area contributed by atoms with E-state index in [-0.39, 0.29) is 11.9 Å². The van der Waals surface area contributed by atoms with Gasteiger partial charge in [-0.1, -0.05) is 43.2 Å². The SMILES string of the molecule is COP(=O)(CC(=O)C1(c2ccccc2)CCCC1)OC. The molecule has 2 rings (SSSR count). The Bertz CT molecular complexity index is 498. The van der Waals surface area contributed by atoms with E-state index in [0.717, 1.165) is 31.2 Å². The molecule has 0 saturated heterocycles. The number of ketones is 1. The molecule has 0 aliphatic heterocycles. The Morgan fingerprint density at radius 2 is 1.70 bits per heavy atom. The first-order chi connectivity index (χ1) is 9.56. The van der Waals surface area contributed by atoms with Crippen LogP contribution in [0.15, 0.2) is 30.3 Å². The molecule has 1 aromatic carbocycles. The van der Waals surface area contributed by atoms with Crippen LogP contribution in [0.4, 0.5) is 0 Å². The summed E-state index contributed by atoms with van der Waals surface area (Å²) in [7, 11) is -0.661. The molecular formula is C15H21O4P. The maximum absolute atomic E-state index is 12.8. The van der Waals surface area contributed by atoms with E-state index in [9.17, 15) is 9.36 Å². The second-order valence-corrected chi connectivity index (χ2v) is 7.48. The smallest absolute Gasteiger partial charge is 0.312 e. The van der Waals surface area contributed by atoms with Crippen LogP contribution in [0.3, 0.4) is 0 Å². The van der Waals surface area contributed by atoms with Gasteiger partial charge in [0.1, 0.15) is 6.16 Å². The molecule has 1 fully saturated rings. The van der Waals surface area contributed by atoms with Crippen molar-refractivity contribution in [1.29, 1.82) is 0 Å². The molecule has 1 saturated carbocycles. The van der Waals surface area contributed by atoms with Gasteiger partial charge < -0.3 is 9.05 Å². The van der Waals surface area contributed by atoms with Gasteiger partial charge in [-0.15, -0.1) is 0 Å². The number of benzene rings is 1. The maximum Gasteiger partial charge on any atom is 0.337 e. The van der Waals surface area contributed by atoms with E-state index in [2.05, 4.69) is 0 Å². The van der Waals surface area contributed by atoms with Gasteiger partial charge >= 0.3 is 7.60 Å². The Hall–Kier alpha value is -0.960. The van der Waals surface area contributed by atoms with E-state index in [1.807, 2.05) is 30.3 Å². The predicted molar refractivity (Wildman–Crippen MR) is 78.1 cm³/mol. The van der Waals surface area contributed by atoms with E-state index in [0.29, 0.717) is 0 Å². The van der Waals surface area contributed by atoms with Crippen molar-refractivity contribution in [3.63, 3.8) is 0 Å². The van der Waals surface area contributed by atoms with Gasteiger partial charge in [0.05, 0.1) is 5.41 Å². The number of carbonyl (C=O) groups excluding carboxylic acids is 1. The normalized spacial score (nSPS) is 18.1. The van der Waals surface area contributed by atoms with Crippen molar-refractivity contribution in [3.05, 3.63) is 35.9 Å². The fourth-order valence-corrected chi connectivity index (χ4v) is 4.06. The highest BCUT2D eigenvalue weighted by Gasteiger charge is 2.44. The standard InChI is InChI=1S/C15H21O4P/c1-18-20(17,19-2)12-14(16)15(10-6-7-11-15)13-8-4-3-5-9-13/h3-5,8-9H,6-7,10-12H2,1-2H3. The Morgan fingerprint density at radius 3 is 2.20 bits per heavy atom. The van der Waals surface area contributed by atoms with Gasteiger partial charge in [0.25, 0.3) is 0 Å². The highest BCUT2D eigenvalue weighted by molar-refractivity contribution is 7.54. The molecule has 0 heterocycles. The van der Waals surface area contributed by atoms with Gasteiger partial charge in [0, 0.05) is 14.2 Å². The minimum Gasteiger partial charge on any atom is -0.312 e. The minimum atomic E-state index is -3.30. The minimum absolute atomic E-state index is 0.0340. The van der Waals surface area contributed by atoms with Crippen LogP contribution in [-0.4, -0.2) is 26.2 Å². The number of hydrogen-bond acceptors (Lipinski definition) is 4. The third-order valence-electron chi connectivity index (χ3n) is 4.21. The van der Waals surface area contributed by atoms with E-state index in [1.165, 1.54) is 14.2 Å². The lowest BCUT2D eigenvalue weighted by Crippen LogP contribution is -2.35. The molecule has 0 radical (unpaired) electrons. The topological polar surface area (TPSA) is 52.6 Å². The third kappa shape index (κ3) is 2.88. The molecule has 0 amide bonds. The van der Waals surface area contributed by atoms with Crippen molar-refractivity contribution >= 4 is 13.4 Å². The summed E-state index contributed by atoms with van der Waals surface area (Å²) in [5.41, 5.74) is 0.495. The summed E-state index contributed by atoms with van der Waals surface area (Å²) in [6.07, 6.45) is 3.50. The lowest BCUT2D eigenvalue weighted by Gasteiger charge is -2.29. The molecule has 0 spiro atoms. The van der Waals surface area contributed by atoms with Crippen molar-refractivity contribution in [2.24, 2.45) is 0 Å². The van der Waals surface area contributed by atoms with Gasteiger partial charge in [-0.2, -0.15) is 0 Å². The van der Waals surface area contributed by atoms with Gasteiger partial charge in [-0.05, 0) is 18.4 Å². The average Bonchev–Trinajstić information content (AvgIpc) is 2.99. The first-order valence-electron chi connectivity index (χ1n) is 6.86. The van der Waals surface area contributed by atoms with Crippen LogP contribution >= 0.6 is 7.60 Å². The fourth-order valence-electron chi connectivity index (χ4n) is 3.00. The molecule has 1 aliphatic carbocycles. The second-order valence-electron chi connectivity index (χ2n) is 5.21. The van der Waals surface area contributed by atoms with E-state index in [4.69, 9.17) is 9.05 Å². The van der Waals surface area contributed by atoms with Crippen LogP contribution in [0, 0.1) is 0 Å². The summed E-state index contributed by atoms with van der Waals surface area (Å²) < 4.78 is 22.0. The molecule has 0 aromatic heterocycles. The Balaban J connectivity index is 2.30. The van der Waals surface area contributed by atoms with E-state index >= 15 is 0 Å². The molecule has 5 heteroatoms. The van der Waals surface area contributed by atoms with Crippen molar-refractivity contribution in [2.45, 2.75) is 31.1 Å². The largest absolute Gasteiger partial charge is 0.337 e. The number of rotatable bonds is 6. The Kier molecular flexibility index (Phi) is 4.79. The Labute approximate surface area is 120 Å². The number of Topliss-reactive ketones (excluding diaryl/α,β-unsaturated/α-hetero) is 1. The summed E-state index contributed by atoms with van der Waals surface area (Å²) in [6.45, 7) is 0. The fraction of sp³-hybridized carbons (Fsp3) is 0.533. The zero-order valence-electron chi connectivity index (χ0n) is 12.0. The predicted octanol–water partition coefficient (Wildman–Crippen LogP) is 3.55. The second kappa shape index (κ2) is 6.21. The summed E-state index contributed by atoms with van der Waals surface area (Å²) in [6, 6.07) is 9.77. The lowest BCUT2D eigenvalue weighted by atomic mass is 9.76. The third-order valence-corrected chi connectivity index (χ3v) is 6.00. The highest BCUT2D eigenvalue weighted by atomic mass is 31.2. The van der Waals surface area contributed by atoms with Crippen LogP contribution in [0.2, 0.25) is 0 Å². The first-order valence-corrected chi connectivity index (χ1v) is 8.58. The van der Waals surface area contributed by atoms with Crippen molar-refractivity contribution in [1.82, 2.24) is 0 Å². The summed E-state index contributed by atoms with van der Waals surface area (Å²) in [4.78, 5) is 12.8. The molecule has 0 bridgehead atoms. The summed E-state index contributed by atoms with van der Waals surface area (Å²) in [5, 5.41) is 0. The van der Waals surface area contributed by atoms with Crippen LogP contribution in [0.1, 0.15) is 31.2 Å². The van der Waals surface area contributed by atoms with E-state index in [1.54, 1.807) is 0 Å². The molecule has 110 valence electrons. The van der Waals surface area contributed by atoms with Gasteiger partial charge in [0.15, 0.2) is 5.78 Å². The summed E-state index contributed by atoms with van der Waals surface area (Å²) >= 11 is 0. The Morgan fingerprint density at radius 1 is 1.15 bits per heavy atom. The molecular weight excluding hydrogens is 275 g/mol. The zero-order valence-corrected chi connectivity index (χ0v) is 12.9.